The van der Waals surface area contributed by atoms with Gasteiger partial charge in [0.2, 0.25) is 5.78 Å². The third-order valence-electron chi connectivity index (χ3n) is 5.00. The molecule has 0 bridgehead atoms. The van der Waals surface area contributed by atoms with Gasteiger partial charge in [-0.1, -0.05) is 29.8 Å². The van der Waals surface area contributed by atoms with Gasteiger partial charge < -0.3 is 14.2 Å². The first-order chi connectivity index (χ1) is 15.4. The lowest BCUT2D eigenvalue weighted by atomic mass is 10.0. The summed E-state index contributed by atoms with van der Waals surface area (Å²) in [5.74, 6) is -0.459. The van der Waals surface area contributed by atoms with Gasteiger partial charge in [-0.05, 0) is 54.5 Å². The van der Waals surface area contributed by atoms with Crippen LogP contribution in [0.3, 0.4) is 0 Å². The van der Waals surface area contributed by atoms with E-state index < -0.39 is 11.8 Å². The maximum atomic E-state index is 14.1. The lowest BCUT2D eigenvalue weighted by molar-refractivity contribution is 0.0600. The molecule has 0 aromatic heterocycles. The van der Waals surface area contributed by atoms with E-state index in [4.69, 9.17) is 21.1 Å². The number of esters is 1. The van der Waals surface area contributed by atoms with E-state index in [1.54, 1.807) is 49.4 Å². The van der Waals surface area contributed by atoms with E-state index in [2.05, 4.69) is 4.74 Å². The second kappa shape index (κ2) is 8.85. The van der Waals surface area contributed by atoms with Crippen LogP contribution in [0.15, 0.2) is 60.4 Å². The van der Waals surface area contributed by atoms with Gasteiger partial charge in [0.25, 0.3) is 0 Å². The van der Waals surface area contributed by atoms with Crippen molar-refractivity contribution in [3.63, 3.8) is 0 Å². The van der Waals surface area contributed by atoms with E-state index in [9.17, 15) is 14.0 Å². The van der Waals surface area contributed by atoms with Gasteiger partial charge in [0.05, 0.1) is 23.3 Å². The van der Waals surface area contributed by atoms with Crippen molar-refractivity contribution in [1.82, 2.24) is 0 Å². The molecule has 3 aromatic carbocycles. The van der Waals surface area contributed by atoms with Crippen molar-refractivity contribution in [1.29, 1.82) is 0 Å². The minimum atomic E-state index is -0.545. The molecule has 4 rings (SSSR count). The van der Waals surface area contributed by atoms with Crippen molar-refractivity contribution in [3.8, 4) is 11.5 Å². The summed E-state index contributed by atoms with van der Waals surface area (Å²) in [6.07, 6.45) is 1.31. The summed E-state index contributed by atoms with van der Waals surface area (Å²) in [4.78, 5) is 24.3. The second-order valence-electron chi connectivity index (χ2n) is 7.17. The van der Waals surface area contributed by atoms with E-state index in [0.29, 0.717) is 28.2 Å². The van der Waals surface area contributed by atoms with Crippen molar-refractivity contribution in [2.75, 3.05) is 7.11 Å². The Labute approximate surface area is 189 Å². The number of hydrogen-bond acceptors (Lipinski definition) is 5. The van der Waals surface area contributed by atoms with Crippen LogP contribution >= 0.6 is 11.6 Å². The Balaban J connectivity index is 1.53. The van der Waals surface area contributed by atoms with E-state index in [1.807, 2.05) is 0 Å². The van der Waals surface area contributed by atoms with Crippen molar-refractivity contribution < 1.29 is 28.2 Å². The molecule has 7 heteroatoms. The third kappa shape index (κ3) is 4.22. The smallest absolute Gasteiger partial charge is 0.337 e. The zero-order valence-electron chi connectivity index (χ0n) is 17.3. The zero-order valence-corrected chi connectivity index (χ0v) is 18.0. The Kier molecular flexibility index (Phi) is 5.97. The molecule has 0 unspecified atom stereocenters. The number of halogens is 2. The quantitative estimate of drug-likeness (QED) is 0.363. The molecule has 32 heavy (non-hydrogen) atoms. The molecule has 0 saturated heterocycles. The Morgan fingerprint density at radius 1 is 1.16 bits per heavy atom. The van der Waals surface area contributed by atoms with Crippen LogP contribution in [0.4, 0.5) is 4.39 Å². The summed E-state index contributed by atoms with van der Waals surface area (Å²) in [5, 5.41) is 0.184. The fraction of sp³-hybridized carbons (Fsp3) is 0.120. The highest BCUT2D eigenvalue weighted by atomic mass is 35.5. The Morgan fingerprint density at radius 3 is 2.59 bits per heavy atom. The lowest BCUT2D eigenvalue weighted by Crippen LogP contribution is -2.02. The van der Waals surface area contributed by atoms with Gasteiger partial charge in [-0.25, -0.2) is 9.18 Å². The molecule has 1 aliphatic rings. The van der Waals surface area contributed by atoms with Gasteiger partial charge >= 0.3 is 5.97 Å². The van der Waals surface area contributed by atoms with E-state index in [-0.39, 0.29) is 28.7 Å². The number of aryl methyl sites for hydroxylation is 1. The molecule has 1 aliphatic heterocycles. The number of hydrogen-bond donors (Lipinski definition) is 0. The topological polar surface area (TPSA) is 61.8 Å². The largest absolute Gasteiger partial charge is 0.489 e. The molecule has 0 radical (unpaired) electrons. The maximum absolute atomic E-state index is 14.1. The summed E-state index contributed by atoms with van der Waals surface area (Å²) in [5.41, 5.74) is 2.47. The predicted molar refractivity (Wildman–Crippen MR) is 118 cm³/mol. The van der Waals surface area contributed by atoms with Gasteiger partial charge in [-0.3, -0.25) is 4.79 Å². The van der Waals surface area contributed by atoms with Crippen LogP contribution in [0, 0.1) is 12.7 Å². The number of rotatable bonds is 5. The molecule has 0 N–H and O–H groups in total. The standard InChI is InChI=1S/C25H18ClFO5/c1-14-10-17(31-13-15-6-8-16(9-7-15)25(29)30-2)11-21-23(14)24(28)22(32-21)12-18-19(26)4-3-5-20(18)27/h3-12H,13H2,1-2H3/b22-12-. The number of allylic oxidation sites excluding steroid dienone is 1. The number of benzene rings is 3. The SMILES string of the molecule is COC(=O)c1ccc(COc2cc(C)c3c(c2)O/C(=C\c2c(F)cccc2Cl)C3=O)cc1. The molecule has 0 aliphatic carbocycles. The average Bonchev–Trinajstić information content (AvgIpc) is 3.10. The van der Waals surface area contributed by atoms with Gasteiger partial charge in [-0.2, -0.15) is 0 Å². The number of ether oxygens (including phenoxy) is 3. The fourth-order valence-corrected chi connectivity index (χ4v) is 3.58. The molecule has 162 valence electrons. The molecule has 5 nitrogen and oxygen atoms in total. The summed E-state index contributed by atoms with van der Waals surface area (Å²) in [6.45, 7) is 2.03. The first-order valence-electron chi connectivity index (χ1n) is 9.70. The predicted octanol–water partition coefficient (Wildman–Crippen LogP) is 5.77. The molecule has 1 heterocycles. The number of carbonyl (C=O) groups is 2. The maximum Gasteiger partial charge on any atom is 0.337 e. The Hall–Kier alpha value is -3.64. The van der Waals surface area contributed by atoms with Crippen LogP contribution < -0.4 is 9.47 Å². The van der Waals surface area contributed by atoms with E-state index in [1.165, 1.54) is 25.3 Å². The number of Topliss-reactive ketones (excluding diaryl/α,β-unsaturated/α-hetero) is 1. The van der Waals surface area contributed by atoms with Crippen LogP contribution in [0.5, 0.6) is 11.5 Å². The molecule has 0 fully saturated rings. The Bertz CT molecular complexity index is 1230. The van der Waals surface area contributed by atoms with Gasteiger partial charge in [0.1, 0.15) is 23.9 Å². The van der Waals surface area contributed by atoms with Gasteiger partial charge in [-0.15, -0.1) is 0 Å². The first kappa shape index (κ1) is 21.6. The van der Waals surface area contributed by atoms with Crippen molar-refractivity contribution in [3.05, 3.63) is 99.0 Å². The fourth-order valence-electron chi connectivity index (χ4n) is 3.36. The van der Waals surface area contributed by atoms with Crippen LogP contribution in [0.1, 0.15) is 37.4 Å². The Morgan fingerprint density at radius 2 is 1.91 bits per heavy atom. The highest BCUT2D eigenvalue weighted by Gasteiger charge is 2.30. The minimum absolute atomic E-state index is 0.00866. The summed E-state index contributed by atoms with van der Waals surface area (Å²) in [6, 6.07) is 14.5. The van der Waals surface area contributed by atoms with Gasteiger partial charge in [0.15, 0.2) is 5.76 Å². The van der Waals surface area contributed by atoms with E-state index >= 15 is 0 Å². The van der Waals surface area contributed by atoms with Crippen molar-refractivity contribution in [2.24, 2.45) is 0 Å². The summed E-state index contributed by atoms with van der Waals surface area (Å²) < 4.78 is 30.4. The lowest BCUT2D eigenvalue weighted by Gasteiger charge is -2.09. The molecular formula is C25H18ClFO5. The molecule has 3 aromatic rings. The van der Waals surface area contributed by atoms with Crippen LogP contribution in [0.2, 0.25) is 5.02 Å². The second-order valence-corrected chi connectivity index (χ2v) is 7.57. The molecule has 0 spiro atoms. The number of carbonyl (C=O) groups excluding carboxylic acids is 2. The van der Waals surface area contributed by atoms with Gasteiger partial charge in [0, 0.05) is 11.6 Å². The highest BCUT2D eigenvalue weighted by molar-refractivity contribution is 6.32. The summed E-state index contributed by atoms with van der Waals surface area (Å²) >= 11 is 6.06. The van der Waals surface area contributed by atoms with Crippen LogP contribution in [-0.4, -0.2) is 18.9 Å². The number of fused-ring (bicyclic) bond motifs is 1. The molecule has 0 atom stereocenters. The summed E-state index contributed by atoms with van der Waals surface area (Å²) in [7, 11) is 1.33. The van der Waals surface area contributed by atoms with Crippen LogP contribution in [0.25, 0.3) is 6.08 Å². The minimum Gasteiger partial charge on any atom is -0.489 e. The molecule has 0 amide bonds. The normalized spacial score (nSPS) is 13.6. The first-order valence-corrected chi connectivity index (χ1v) is 10.1. The van der Waals surface area contributed by atoms with E-state index in [0.717, 1.165) is 5.56 Å². The number of ketones is 1. The molecule has 0 saturated carbocycles. The third-order valence-corrected chi connectivity index (χ3v) is 5.33. The monoisotopic (exact) mass is 452 g/mol. The average molecular weight is 453 g/mol. The number of methoxy groups -OCH3 is 1. The zero-order chi connectivity index (χ0) is 22.8. The van der Waals surface area contributed by atoms with Crippen molar-refractivity contribution >= 4 is 29.4 Å². The van der Waals surface area contributed by atoms with Crippen molar-refractivity contribution in [2.45, 2.75) is 13.5 Å². The molecular weight excluding hydrogens is 435 g/mol. The van der Waals surface area contributed by atoms with Crippen LogP contribution in [-0.2, 0) is 11.3 Å². The highest BCUT2D eigenvalue weighted by Crippen LogP contribution is 2.38.